The van der Waals surface area contributed by atoms with Crippen LogP contribution in [0.15, 0.2) is 103 Å². The summed E-state index contributed by atoms with van der Waals surface area (Å²) in [7, 11) is -0.692. The van der Waals surface area contributed by atoms with Gasteiger partial charge in [-0.15, -0.1) is 0 Å². The summed E-state index contributed by atoms with van der Waals surface area (Å²) in [5, 5.41) is 7.55. The predicted molar refractivity (Wildman–Crippen MR) is 115 cm³/mol. The Morgan fingerprint density at radius 1 is 0.556 bits per heavy atom. The molecule has 27 heavy (non-hydrogen) atoms. The van der Waals surface area contributed by atoms with E-state index in [0.717, 1.165) is 22.9 Å². The van der Waals surface area contributed by atoms with Crippen molar-refractivity contribution in [3.63, 3.8) is 0 Å². The van der Waals surface area contributed by atoms with Crippen LogP contribution in [-0.2, 0) is 0 Å². The minimum absolute atomic E-state index is 0.692. The fourth-order valence-electron chi connectivity index (χ4n) is 3.41. The Kier molecular flexibility index (Phi) is 4.12. The van der Waals surface area contributed by atoms with Crippen molar-refractivity contribution in [3.8, 4) is 11.5 Å². The van der Waals surface area contributed by atoms with Crippen LogP contribution in [0, 0.1) is 0 Å². The molecule has 130 valence electrons. The number of hydrogen-bond acceptors (Lipinski definition) is 2. The van der Waals surface area contributed by atoms with E-state index in [2.05, 4.69) is 84.2 Å². The van der Waals surface area contributed by atoms with Crippen LogP contribution in [0.25, 0.3) is 0 Å². The molecule has 1 aliphatic rings. The largest absolute Gasteiger partial charge is 0.453 e. The molecule has 0 unspecified atom stereocenters. The summed E-state index contributed by atoms with van der Waals surface area (Å²) in [5.74, 6) is 1.75. The summed E-state index contributed by atoms with van der Waals surface area (Å²) in [6.07, 6.45) is 0. The topological polar surface area (TPSA) is 21.3 Å². The molecule has 4 aromatic rings. The number of benzene rings is 4. The van der Waals surface area contributed by atoms with Gasteiger partial charge in [0, 0.05) is 5.30 Å². The van der Waals surface area contributed by atoms with Gasteiger partial charge in [-0.3, -0.25) is 0 Å². The molecule has 1 heterocycles. The number of para-hydroxylation sites is 3. The van der Waals surface area contributed by atoms with Gasteiger partial charge in [-0.1, -0.05) is 84.9 Å². The zero-order chi connectivity index (χ0) is 18.1. The number of rotatable bonds is 3. The Hall–Kier alpha value is -3.09. The van der Waals surface area contributed by atoms with Crippen molar-refractivity contribution in [2.24, 2.45) is 0 Å². The molecule has 0 aliphatic carbocycles. The number of fused-ring (bicyclic) bond motifs is 2. The van der Waals surface area contributed by atoms with E-state index in [1.54, 1.807) is 0 Å². The first-order valence-electron chi connectivity index (χ1n) is 8.97. The van der Waals surface area contributed by atoms with Crippen molar-refractivity contribution in [3.05, 3.63) is 103 Å². The lowest BCUT2D eigenvalue weighted by Gasteiger charge is -2.28. The number of nitrogens with one attached hydrogen (secondary N) is 1. The van der Waals surface area contributed by atoms with Crippen LogP contribution in [0.3, 0.4) is 0 Å². The molecule has 0 saturated carbocycles. The van der Waals surface area contributed by atoms with Crippen molar-refractivity contribution >= 4 is 35.2 Å². The van der Waals surface area contributed by atoms with E-state index in [-0.39, 0.29) is 0 Å². The normalized spacial score (nSPS) is 11.9. The Morgan fingerprint density at radius 2 is 1.15 bits per heavy atom. The van der Waals surface area contributed by atoms with Gasteiger partial charge in [-0.2, -0.15) is 0 Å². The van der Waals surface area contributed by atoms with Gasteiger partial charge in [-0.25, -0.2) is 0 Å². The van der Waals surface area contributed by atoms with Gasteiger partial charge in [0.1, 0.15) is 0 Å². The Balaban J connectivity index is 1.69. The fourth-order valence-corrected chi connectivity index (χ4v) is 5.83. The second kappa shape index (κ2) is 6.90. The number of hydrogen-bond donors (Lipinski definition) is 1. The fraction of sp³-hybridized carbons (Fsp3) is 0. The highest BCUT2D eigenvalue weighted by Gasteiger charge is 2.25. The van der Waals surface area contributed by atoms with Gasteiger partial charge >= 0.3 is 0 Å². The molecule has 0 radical (unpaired) electrons. The maximum Gasteiger partial charge on any atom is 0.151 e. The average Bonchev–Trinajstić information content (AvgIpc) is 2.74. The van der Waals surface area contributed by atoms with Gasteiger partial charge in [0.05, 0.1) is 11.4 Å². The van der Waals surface area contributed by atoms with E-state index in [0.29, 0.717) is 0 Å². The molecular weight excluding hydrogens is 349 g/mol. The molecule has 4 aromatic carbocycles. The molecule has 0 fully saturated rings. The molecule has 0 amide bonds. The van der Waals surface area contributed by atoms with E-state index >= 15 is 0 Å². The quantitative estimate of drug-likeness (QED) is 0.437. The molecule has 0 spiro atoms. The van der Waals surface area contributed by atoms with Crippen LogP contribution >= 0.6 is 7.92 Å². The van der Waals surface area contributed by atoms with Crippen LogP contribution in [0.4, 0.5) is 11.4 Å². The van der Waals surface area contributed by atoms with E-state index in [4.69, 9.17) is 4.74 Å². The zero-order valence-electron chi connectivity index (χ0n) is 14.7. The van der Waals surface area contributed by atoms with E-state index in [1.807, 2.05) is 24.3 Å². The van der Waals surface area contributed by atoms with Crippen molar-refractivity contribution in [1.29, 1.82) is 0 Å². The molecular formula is C24H18NOP. The van der Waals surface area contributed by atoms with Crippen molar-refractivity contribution in [2.45, 2.75) is 0 Å². The lowest BCUT2D eigenvalue weighted by atomic mass is 10.2. The summed E-state index contributed by atoms with van der Waals surface area (Å²) in [5.41, 5.74) is 2.07. The molecule has 1 N–H and O–H groups in total. The first-order chi connectivity index (χ1) is 13.4. The van der Waals surface area contributed by atoms with Gasteiger partial charge in [-0.05, 0) is 36.7 Å². The first-order valence-corrected chi connectivity index (χ1v) is 10.3. The van der Waals surface area contributed by atoms with Gasteiger partial charge in [0.15, 0.2) is 11.5 Å². The summed E-state index contributed by atoms with van der Waals surface area (Å²) >= 11 is 0. The lowest BCUT2D eigenvalue weighted by Crippen LogP contribution is -2.23. The van der Waals surface area contributed by atoms with E-state index < -0.39 is 7.92 Å². The van der Waals surface area contributed by atoms with Crippen molar-refractivity contribution in [1.82, 2.24) is 0 Å². The van der Waals surface area contributed by atoms with Gasteiger partial charge in [0.25, 0.3) is 0 Å². The second-order valence-corrected chi connectivity index (χ2v) is 8.57. The lowest BCUT2D eigenvalue weighted by molar-refractivity contribution is 0.481. The molecule has 0 atom stereocenters. The molecule has 0 bridgehead atoms. The Bertz CT molecular complexity index is 1040. The smallest absolute Gasteiger partial charge is 0.151 e. The highest BCUT2D eigenvalue weighted by atomic mass is 31.1. The van der Waals surface area contributed by atoms with Crippen LogP contribution < -0.4 is 26.0 Å². The third-order valence-electron chi connectivity index (χ3n) is 4.64. The molecule has 0 saturated heterocycles. The van der Waals surface area contributed by atoms with Crippen LogP contribution in [0.2, 0.25) is 0 Å². The first kappa shape index (κ1) is 16.1. The summed E-state index contributed by atoms with van der Waals surface area (Å²) < 4.78 is 6.19. The maximum absolute atomic E-state index is 6.19. The minimum Gasteiger partial charge on any atom is -0.453 e. The SMILES string of the molecule is c1ccc(P(c2ccccc2)c2cccc3c2Nc2ccccc2O3)cc1. The van der Waals surface area contributed by atoms with E-state index in [9.17, 15) is 0 Å². The van der Waals surface area contributed by atoms with Crippen LogP contribution in [0.1, 0.15) is 0 Å². The van der Waals surface area contributed by atoms with Crippen LogP contribution in [-0.4, -0.2) is 0 Å². The average molecular weight is 367 g/mol. The van der Waals surface area contributed by atoms with Gasteiger partial charge < -0.3 is 10.1 Å². The molecule has 1 aliphatic heterocycles. The molecule has 3 heteroatoms. The van der Waals surface area contributed by atoms with Crippen LogP contribution in [0.5, 0.6) is 11.5 Å². The highest BCUT2D eigenvalue weighted by molar-refractivity contribution is 7.80. The molecule has 5 rings (SSSR count). The molecule has 2 nitrogen and oxygen atoms in total. The highest BCUT2D eigenvalue weighted by Crippen LogP contribution is 2.45. The predicted octanol–water partition coefficient (Wildman–Crippen LogP) is 5.29. The molecule has 0 aromatic heterocycles. The Labute approximate surface area is 160 Å². The monoisotopic (exact) mass is 367 g/mol. The minimum atomic E-state index is -0.692. The summed E-state index contributed by atoms with van der Waals surface area (Å²) in [6.45, 7) is 0. The third-order valence-corrected chi connectivity index (χ3v) is 7.12. The third kappa shape index (κ3) is 2.99. The summed E-state index contributed by atoms with van der Waals surface area (Å²) in [6, 6.07) is 35.9. The van der Waals surface area contributed by atoms with Crippen molar-refractivity contribution < 1.29 is 4.74 Å². The van der Waals surface area contributed by atoms with Gasteiger partial charge in [0.2, 0.25) is 0 Å². The number of anilines is 2. The van der Waals surface area contributed by atoms with Crippen molar-refractivity contribution in [2.75, 3.05) is 5.32 Å². The number of ether oxygens (including phenoxy) is 1. The zero-order valence-corrected chi connectivity index (χ0v) is 15.6. The van der Waals surface area contributed by atoms with E-state index in [1.165, 1.54) is 15.9 Å². The Morgan fingerprint density at radius 3 is 1.85 bits per heavy atom. The maximum atomic E-state index is 6.19. The standard InChI is InChI=1S/C24H18NOP/c1-3-10-18(11-4-1)27(19-12-5-2-6-13-19)23-17-9-16-22-24(23)25-20-14-7-8-15-21(20)26-22/h1-17,25H. The second-order valence-electron chi connectivity index (χ2n) is 6.38. The summed E-state index contributed by atoms with van der Waals surface area (Å²) in [4.78, 5) is 0.